The Hall–Kier alpha value is -1.80. The highest BCUT2D eigenvalue weighted by Gasteiger charge is 2.81. The summed E-state index contributed by atoms with van der Waals surface area (Å²) in [5.41, 5.74) is -6.87. The highest BCUT2D eigenvalue weighted by Crippen LogP contribution is 2.71. The van der Waals surface area contributed by atoms with Crippen LogP contribution in [0.1, 0.15) is 120 Å². The van der Waals surface area contributed by atoms with Crippen molar-refractivity contribution in [3.05, 3.63) is 11.6 Å². The van der Waals surface area contributed by atoms with Gasteiger partial charge >= 0.3 is 5.97 Å². The van der Waals surface area contributed by atoms with Gasteiger partial charge in [0.1, 0.15) is 59.5 Å². The average Bonchev–Trinajstić information content (AvgIpc) is 3.53. The molecule has 4 aliphatic heterocycles. The number of esters is 1. The Morgan fingerprint density at radius 2 is 1.23 bits per heavy atom. The number of aliphatic hydroxyl groups is 6. The maximum atomic E-state index is 13.0. The first-order valence-corrected chi connectivity index (χ1v) is 25.3. The van der Waals surface area contributed by atoms with E-state index in [-0.39, 0.29) is 51.0 Å². The van der Waals surface area contributed by atoms with Crippen molar-refractivity contribution in [3.8, 4) is 0 Å². The van der Waals surface area contributed by atoms with Gasteiger partial charge in [-0.15, -0.1) is 0 Å². The van der Waals surface area contributed by atoms with Crippen LogP contribution in [0.5, 0.6) is 0 Å². The molecule has 4 aliphatic carbocycles. The molecule has 0 unspecified atom stereocenters. The number of carbonyl (C=O) groups is 2. The number of fused-ring (bicyclic) bond motifs is 5. The Kier molecular flexibility index (Phi) is 15.9. The third-order valence-corrected chi connectivity index (χ3v) is 18.2. The standard InChI is InChI=1S/C50H80O20/c1-23-39(54)44(61-11)40(55)45(65-23)70-43-26(4)64-38(21-33(43)60-10)69-42-25(3)63-37(20-32(42)59-9)68-41-24(2)62-36(19-31(41)53)67-30-13-14-46(7)29(18-30)12-15-49(57)34(46)22-35(66-28(6)52)47(8)48(56,27(5)51)16-17-50(47,49)58/h12,23-26,30-45,53-58H,13-22H2,1-11H3/t23-,24-,25-,26-,30+,31-,32+,33-,34-,35-,36+,37+,38+,39-,40-,41-,42-,43-,44+,45+,46+,47-,48-,49+,50-/m1/s1. The Balaban J connectivity index is 0.850. The predicted octanol–water partition coefficient (Wildman–Crippen LogP) is 1.86. The number of ketones is 1. The number of Topliss-reactive ketones (excluding diaryl/α,β-unsaturated/α-hetero) is 1. The molecule has 8 rings (SSSR count). The minimum atomic E-state index is -2.00. The second kappa shape index (κ2) is 20.4. The Labute approximate surface area is 410 Å². The van der Waals surface area contributed by atoms with E-state index in [0.717, 1.165) is 5.57 Å². The zero-order valence-electron chi connectivity index (χ0n) is 42.6. The molecule has 0 amide bonds. The number of methoxy groups -OCH3 is 3. The molecule has 4 saturated heterocycles. The molecule has 0 aromatic heterocycles. The molecule has 4 heterocycles. The zero-order chi connectivity index (χ0) is 51.0. The van der Waals surface area contributed by atoms with Crippen LogP contribution in [0.3, 0.4) is 0 Å². The first-order valence-electron chi connectivity index (χ1n) is 25.3. The van der Waals surface area contributed by atoms with E-state index in [0.29, 0.717) is 19.3 Å². The summed E-state index contributed by atoms with van der Waals surface area (Å²) in [6, 6.07) is 0. The van der Waals surface area contributed by atoms with Crippen molar-refractivity contribution in [1.82, 2.24) is 0 Å². The highest BCUT2D eigenvalue weighted by molar-refractivity contribution is 5.87. The molecule has 0 radical (unpaired) electrons. The number of carbonyl (C=O) groups excluding carboxylic acids is 2. The molecule has 8 aliphatic rings. The minimum Gasteiger partial charge on any atom is -0.462 e. The van der Waals surface area contributed by atoms with Crippen molar-refractivity contribution in [2.75, 3.05) is 21.3 Å². The Morgan fingerprint density at radius 1 is 0.657 bits per heavy atom. The maximum absolute atomic E-state index is 13.0. The van der Waals surface area contributed by atoms with Crippen molar-refractivity contribution in [2.24, 2.45) is 16.7 Å². The molecule has 0 aromatic rings. The lowest BCUT2D eigenvalue weighted by molar-refractivity contribution is -0.355. The minimum absolute atomic E-state index is 0.0358. The van der Waals surface area contributed by atoms with E-state index in [1.807, 2.05) is 26.8 Å². The number of rotatable bonds is 13. The van der Waals surface area contributed by atoms with Gasteiger partial charge in [-0.25, -0.2) is 0 Å². The Morgan fingerprint density at radius 3 is 1.79 bits per heavy atom. The third kappa shape index (κ3) is 9.06. The second-order valence-corrected chi connectivity index (χ2v) is 22.0. The molecule has 7 fully saturated rings. The highest BCUT2D eigenvalue weighted by atomic mass is 16.8. The normalized spacial score (nSPS) is 52.7. The summed E-state index contributed by atoms with van der Waals surface area (Å²) in [6.45, 7) is 13.3. The van der Waals surface area contributed by atoms with Gasteiger partial charge in [0.05, 0.1) is 54.2 Å². The number of hydrogen-bond acceptors (Lipinski definition) is 20. The fraction of sp³-hybridized carbons (Fsp3) is 0.920. The summed E-state index contributed by atoms with van der Waals surface area (Å²) in [7, 11) is 4.55. The summed E-state index contributed by atoms with van der Waals surface area (Å²) in [4.78, 5) is 25.5. The fourth-order valence-electron chi connectivity index (χ4n) is 14.1. The molecular formula is C50H80O20. The average molecular weight is 1000 g/mol. The van der Waals surface area contributed by atoms with Crippen molar-refractivity contribution >= 4 is 11.8 Å². The summed E-state index contributed by atoms with van der Waals surface area (Å²) in [5.74, 6) is -1.70. The number of ether oxygens (including phenoxy) is 12. The van der Waals surface area contributed by atoms with Crippen LogP contribution in [-0.2, 0) is 66.4 Å². The smallest absolute Gasteiger partial charge is 0.302 e. The van der Waals surface area contributed by atoms with E-state index < -0.39 is 156 Å². The van der Waals surface area contributed by atoms with Gasteiger partial charge in [-0.05, 0) is 91.9 Å². The quantitative estimate of drug-likeness (QED) is 0.114. The van der Waals surface area contributed by atoms with E-state index in [4.69, 9.17) is 56.8 Å². The number of hydrogen-bond donors (Lipinski definition) is 6. The van der Waals surface area contributed by atoms with Crippen LogP contribution in [0.4, 0.5) is 0 Å². The van der Waals surface area contributed by atoms with Crippen molar-refractivity contribution < 1.29 is 97.1 Å². The molecule has 25 atom stereocenters. The van der Waals surface area contributed by atoms with Gasteiger partial charge in [0.15, 0.2) is 30.9 Å². The van der Waals surface area contributed by atoms with E-state index in [1.54, 1.807) is 28.1 Å². The van der Waals surface area contributed by atoms with Crippen LogP contribution < -0.4 is 0 Å². The molecule has 70 heavy (non-hydrogen) atoms. The molecule has 400 valence electrons. The molecule has 0 aromatic carbocycles. The Bertz CT molecular complexity index is 1890. The van der Waals surface area contributed by atoms with E-state index in [2.05, 4.69) is 6.92 Å². The first kappa shape index (κ1) is 54.5. The number of aliphatic hydroxyl groups excluding tert-OH is 3. The lowest BCUT2D eigenvalue weighted by atomic mass is 9.42. The van der Waals surface area contributed by atoms with Crippen LogP contribution in [0.25, 0.3) is 0 Å². The van der Waals surface area contributed by atoms with Gasteiger partial charge in [-0.1, -0.05) is 18.6 Å². The summed E-state index contributed by atoms with van der Waals surface area (Å²) < 4.78 is 73.5. The monoisotopic (exact) mass is 1000 g/mol. The fourth-order valence-corrected chi connectivity index (χ4v) is 14.1. The van der Waals surface area contributed by atoms with Crippen LogP contribution in [0, 0.1) is 16.7 Å². The van der Waals surface area contributed by atoms with Gasteiger partial charge in [0.25, 0.3) is 0 Å². The molecule has 20 nitrogen and oxygen atoms in total. The van der Waals surface area contributed by atoms with Crippen LogP contribution in [0.2, 0.25) is 0 Å². The largest absolute Gasteiger partial charge is 0.462 e. The lowest BCUT2D eigenvalue weighted by Crippen LogP contribution is -2.78. The maximum Gasteiger partial charge on any atom is 0.302 e. The second-order valence-electron chi connectivity index (χ2n) is 22.0. The van der Waals surface area contributed by atoms with Crippen LogP contribution in [-0.4, -0.2) is 197 Å². The molecule has 0 spiro atoms. The third-order valence-electron chi connectivity index (χ3n) is 18.2. The van der Waals surface area contributed by atoms with Crippen LogP contribution in [0.15, 0.2) is 11.6 Å². The molecule has 20 heteroatoms. The van der Waals surface area contributed by atoms with E-state index in [1.165, 1.54) is 21.0 Å². The van der Waals surface area contributed by atoms with E-state index in [9.17, 15) is 40.2 Å². The zero-order valence-corrected chi connectivity index (χ0v) is 42.6. The van der Waals surface area contributed by atoms with Crippen molar-refractivity contribution in [1.29, 1.82) is 0 Å². The van der Waals surface area contributed by atoms with Gasteiger partial charge in [0.2, 0.25) is 0 Å². The lowest BCUT2D eigenvalue weighted by Gasteiger charge is -2.67. The molecule has 0 bridgehead atoms. The predicted molar refractivity (Wildman–Crippen MR) is 242 cm³/mol. The van der Waals surface area contributed by atoms with Crippen LogP contribution >= 0.6 is 0 Å². The summed E-state index contributed by atoms with van der Waals surface area (Å²) in [6.07, 6.45) is -9.52. The summed E-state index contributed by atoms with van der Waals surface area (Å²) in [5, 5.41) is 70.1. The van der Waals surface area contributed by atoms with E-state index >= 15 is 0 Å². The topological polar surface area (TPSA) is 266 Å². The van der Waals surface area contributed by atoms with Gasteiger partial charge in [-0.2, -0.15) is 0 Å². The SMILES string of the molecule is CO[C@@H]1[C@@H](O)[C@H](O[C@@H]2[C@@H](C)O[C@@H](O[C@H]3[C@@H](OC)C[C@H](O[C@H]4[C@H](O)C[C@H](O[C@H]5CC[C@@]6(C)C(=CC[C@]7(O)[C@@H]6C[C@@H](OC(C)=O)[C@@]6(C)[C@]7(O)CC[C@@]6(O)C(C)=O)C5)O[C@@H]4C)O[C@@H]3C)C[C@H]2OC)O[C@H](C)[C@H]1O. The first-order chi connectivity index (χ1) is 32.9. The van der Waals surface area contributed by atoms with Gasteiger partial charge in [-0.3, -0.25) is 9.59 Å². The van der Waals surface area contributed by atoms with Gasteiger partial charge in [0, 0.05) is 53.4 Å². The molecule has 3 saturated carbocycles. The van der Waals surface area contributed by atoms with Crippen molar-refractivity contribution in [3.63, 3.8) is 0 Å². The molecule has 6 N–H and O–H groups in total. The summed E-state index contributed by atoms with van der Waals surface area (Å²) >= 11 is 0. The van der Waals surface area contributed by atoms with Crippen molar-refractivity contribution in [2.45, 2.75) is 253 Å². The molecular weight excluding hydrogens is 921 g/mol. The van der Waals surface area contributed by atoms with Gasteiger partial charge < -0.3 is 87.5 Å².